The van der Waals surface area contributed by atoms with E-state index in [1.54, 1.807) is 0 Å². The summed E-state index contributed by atoms with van der Waals surface area (Å²) in [5.41, 5.74) is 2.79. The molecule has 1 amide bonds. The molecule has 0 atom stereocenters. The number of ether oxygens (including phenoxy) is 1. The van der Waals surface area contributed by atoms with E-state index in [0.29, 0.717) is 12.3 Å². The fourth-order valence-corrected chi connectivity index (χ4v) is 2.69. The lowest BCUT2D eigenvalue weighted by molar-refractivity contribution is -0.122. The molecule has 1 saturated heterocycles. The first-order chi connectivity index (χ1) is 9.63. The van der Waals surface area contributed by atoms with Crippen LogP contribution in [0.15, 0.2) is 42.3 Å². The number of para-hydroxylation sites is 1. The number of fused-ring (bicyclic) bond motifs is 1. The number of carbonyl (C=O) groups is 1. The molecule has 0 bridgehead atoms. The molecule has 0 saturated carbocycles. The molecule has 0 aromatic heterocycles. The highest BCUT2D eigenvalue weighted by molar-refractivity contribution is 7.80. The predicted octanol–water partition coefficient (Wildman–Crippen LogP) is 2.52. The molecule has 0 spiro atoms. The van der Waals surface area contributed by atoms with Crippen LogP contribution in [0.25, 0.3) is 5.57 Å². The Morgan fingerprint density at radius 1 is 1.30 bits per heavy atom. The third-order valence-electron chi connectivity index (χ3n) is 3.45. The maximum Gasteiger partial charge on any atom is 0.297 e. The SMILES string of the molecule is CCN1C(=O)C(=C2C=CN(C)c3ccccc32)OC1=S. The Bertz CT molecular complexity index is 664. The summed E-state index contributed by atoms with van der Waals surface area (Å²) >= 11 is 5.10. The van der Waals surface area contributed by atoms with Gasteiger partial charge in [0.15, 0.2) is 0 Å². The fourth-order valence-electron chi connectivity index (χ4n) is 2.40. The van der Waals surface area contributed by atoms with Gasteiger partial charge in [0, 0.05) is 36.6 Å². The summed E-state index contributed by atoms with van der Waals surface area (Å²) in [4.78, 5) is 15.8. The minimum Gasteiger partial charge on any atom is -0.425 e. The van der Waals surface area contributed by atoms with E-state index in [-0.39, 0.29) is 11.1 Å². The predicted molar refractivity (Wildman–Crippen MR) is 82.0 cm³/mol. The zero-order chi connectivity index (χ0) is 14.3. The van der Waals surface area contributed by atoms with Gasteiger partial charge in [0.2, 0.25) is 5.76 Å². The molecule has 0 N–H and O–H groups in total. The lowest BCUT2D eigenvalue weighted by atomic mass is 9.99. The quantitative estimate of drug-likeness (QED) is 0.586. The number of rotatable bonds is 1. The van der Waals surface area contributed by atoms with E-state index >= 15 is 0 Å². The van der Waals surface area contributed by atoms with Gasteiger partial charge in [-0.3, -0.25) is 9.69 Å². The average Bonchev–Trinajstić information content (AvgIpc) is 2.74. The molecule has 4 nitrogen and oxygen atoms in total. The van der Waals surface area contributed by atoms with Crippen molar-refractivity contribution in [1.82, 2.24) is 4.90 Å². The lowest BCUT2D eigenvalue weighted by Crippen LogP contribution is -2.28. The second-order valence-corrected chi connectivity index (χ2v) is 4.95. The Balaban J connectivity index is 2.16. The van der Waals surface area contributed by atoms with Crippen LogP contribution in [-0.4, -0.2) is 29.6 Å². The second kappa shape index (κ2) is 4.76. The Hall–Kier alpha value is -2.14. The van der Waals surface area contributed by atoms with Crippen LogP contribution in [0.2, 0.25) is 0 Å². The van der Waals surface area contributed by atoms with Gasteiger partial charge >= 0.3 is 0 Å². The number of hydrogen-bond acceptors (Lipinski definition) is 4. The van der Waals surface area contributed by atoms with Crippen molar-refractivity contribution in [2.24, 2.45) is 0 Å². The number of likely N-dealkylation sites (N-methyl/N-ethyl adjacent to an activating group) is 1. The first-order valence-corrected chi connectivity index (χ1v) is 6.82. The van der Waals surface area contributed by atoms with Gasteiger partial charge < -0.3 is 9.64 Å². The number of allylic oxidation sites excluding steroid dienone is 2. The maximum absolute atomic E-state index is 12.3. The van der Waals surface area contributed by atoms with Crippen molar-refractivity contribution < 1.29 is 9.53 Å². The highest BCUT2D eigenvalue weighted by atomic mass is 32.1. The van der Waals surface area contributed by atoms with E-state index < -0.39 is 0 Å². The molecule has 0 radical (unpaired) electrons. The number of thiocarbonyl (C=S) groups is 1. The Kier molecular flexibility index (Phi) is 3.06. The third kappa shape index (κ3) is 1.82. The topological polar surface area (TPSA) is 32.8 Å². The molecule has 1 fully saturated rings. The van der Waals surface area contributed by atoms with Crippen LogP contribution in [-0.2, 0) is 9.53 Å². The van der Waals surface area contributed by atoms with Crippen molar-refractivity contribution in [3.8, 4) is 0 Å². The van der Waals surface area contributed by atoms with Crippen LogP contribution in [0, 0.1) is 0 Å². The number of hydrogen-bond donors (Lipinski definition) is 0. The average molecular weight is 286 g/mol. The Morgan fingerprint density at radius 3 is 2.75 bits per heavy atom. The molecule has 1 aromatic carbocycles. The summed E-state index contributed by atoms with van der Waals surface area (Å²) in [6, 6.07) is 7.90. The normalized spacial score (nSPS) is 21.3. The summed E-state index contributed by atoms with van der Waals surface area (Å²) in [7, 11) is 1.97. The number of carbonyl (C=O) groups excluding carboxylic acids is 1. The molecule has 2 aliphatic heterocycles. The molecule has 102 valence electrons. The summed E-state index contributed by atoms with van der Waals surface area (Å²) in [6.07, 6.45) is 3.80. The van der Waals surface area contributed by atoms with Gasteiger partial charge in [-0.05, 0) is 31.3 Å². The molecule has 0 aliphatic carbocycles. The highest BCUT2D eigenvalue weighted by Crippen LogP contribution is 2.36. The molecule has 2 aliphatic rings. The first kappa shape index (κ1) is 12.9. The van der Waals surface area contributed by atoms with Gasteiger partial charge in [0.05, 0.1) is 0 Å². The number of amides is 1. The van der Waals surface area contributed by atoms with Crippen LogP contribution in [0.1, 0.15) is 12.5 Å². The largest absolute Gasteiger partial charge is 0.425 e. The molecule has 1 aromatic rings. The maximum atomic E-state index is 12.3. The van der Waals surface area contributed by atoms with Crippen LogP contribution in [0.3, 0.4) is 0 Å². The molecule has 2 heterocycles. The smallest absolute Gasteiger partial charge is 0.297 e. The first-order valence-electron chi connectivity index (χ1n) is 6.42. The van der Waals surface area contributed by atoms with Gasteiger partial charge in [0.25, 0.3) is 11.1 Å². The standard InChI is InChI=1S/C15H14N2O2S/c1-3-17-14(18)13(19-15(17)20)11-8-9-16(2)12-7-5-4-6-10(11)12/h4-9H,3H2,1-2H3. The summed E-state index contributed by atoms with van der Waals surface area (Å²) < 4.78 is 5.53. The van der Waals surface area contributed by atoms with Gasteiger partial charge in [-0.1, -0.05) is 18.2 Å². The zero-order valence-corrected chi connectivity index (χ0v) is 12.1. The van der Waals surface area contributed by atoms with Crippen LogP contribution in [0.4, 0.5) is 5.69 Å². The Labute approximate surface area is 122 Å². The van der Waals surface area contributed by atoms with Crippen LogP contribution < -0.4 is 4.90 Å². The zero-order valence-electron chi connectivity index (χ0n) is 11.3. The van der Waals surface area contributed by atoms with Gasteiger partial charge in [-0.2, -0.15) is 0 Å². The van der Waals surface area contributed by atoms with E-state index in [1.165, 1.54) is 4.90 Å². The van der Waals surface area contributed by atoms with E-state index in [4.69, 9.17) is 17.0 Å². The van der Waals surface area contributed by atoms with Crippen LogP contribution in [0.5, 0.6) is 0 Å². The summed E-state index contributed by atoms with van der Waals surface area (Å²) in [5, 5.41) is 0.227. The van der Waals surface area contributed by atoms with Gasteiger partial charge in [0.1, 0.15) is 0 Å². The molecular weight excluding hydrogens is 272 g/mol. The van der Waals surface area contributed by atoms with Crippen molar-refractivity contribution in [1.29, 1.82) is 0 Å². The lowest BCUT2D eigenvalue weighted by Gasteiger charge is -2.23. The molecule has 0 unspecified atom stereocenters. The van der Waals surface area contributed by atoms with E-state index in [0.717, 1.165) is 16.8 Å². The number of anilines is 1. The van der Waals surface area contributed by atoms with Crippen molar-refractivity contribution in [2.45, 2.75) is 6.92 Å². The minimum absolute atomic E-state index is 0.170. The van der Waals surface area contributed by atoms with E-state index in [2.05, 4.69) is 0 Å². The van der Waals surface area contributed by atoms with Crippen molar-refractivity contribution in [2.75, 3.05) is 18.5 Å². The van der Waals surface area contributed by atoms with E-state index in [1.807, 2.05) is 55.4 Å². The minimum atomic E-state index is -0.170. The molecule has 3 rings (SSSR count). The fraction of sp³-hybridized carbons (Fsp3) is 0.200. The van der Waals surface area contributed by atoms with Gasteiger partial charge in [-0.25, -0.2) is 0 Å². The number of benzene rings is 1. The van der Waals surface area contributed by atoms with Gasteiger partial charge in [-0.15, -0.1) is 0 Å². The molecule has 20 heavy (non-hydrogen) atoms. The Morgan fingerprint density at radius 2 is 2.05 bits per heavy atom. The van der Waals surface area contributed by atoms with Crippen molar-refractivity contribution >= 4 is 34.6 Å². The van der Waals surface area contributed by atoms with Crippen molar-refractivity contribution in [3.63, 3.8) is 0 Å². The van der Waals surface area contributed by atoms with Crippen LogP contribution >= 0.6 is 12.2 Å². The molecule has 5 heteroatoms. The third-order valence-corrected chi connectivity index (χ3v) is 3.75. The second-order valence-electron chi connectivity index (χ2n) is 4.60. The van der Waals surface area contributed by atoms with Crippen molar-refractivity contribution in [3.05, 3.63) is 47.9 Å². The molecular formula is C15H14N2O2S. The number of nitrogens with zero attached hydrogens (tertiary/aromatic N) is 2. The highest BCUT2D eigenvalue weighted by Gasteiger charge is 2.35. The van der Waals surface area contributed by atoms with E-state index in [9.17, 15) is 4.79 Å². The summed E-state index contributed by atoms with van der Waals surface area (Å²) in [6.45, 7) is 2.39. The summed E-state index contributed by atoms with van der Waals surface area (Å²) in [5.74, 6) is 0.144. The monoisotopic (exact) mass is 286 g/mol.